The Kier molecular flexibility index (Phi) is 3.43. The maximum absolute atomic E-state index is 11.6. The van der Waals surface area contributed by atoms with Gasteiger partial charge in [-0.2, -0.15) is 5.21 Å². The van der Waals surface area contributed by atoms with Crippen LogP contribution in [0.4, 0.5) is 0 Å². The SMILES string of the molecule is CCc1cnc(C(C)NC(=O)c2nn[nH]n2)s1. The fraction of sp³-hybridized carbons (Fsp3) is 0.444. The van der Waals surface area contributed by atoms with Gasteiger partial charge in [-0.05, 0) is 18.6 Å². The number of hydrogen-bond donors (Lipinski definition) is 2. The zero-order chi connectivity index (χ0) is 12.3. The summed E-state index contributed by atoms with van der Waals surface area (Å²) in [5.41, 5.74) is 0. The largest absolute Gasteiger partial charge is 0.340 e. The maximum Gasteiger partial charge on any atom is 0.293 e. The lowest BCUT2D eigenvalue weighted by Crippen LogP contribution is -2.27. The van der Waals surface area contributed by atoms with Crippen LogP contribution in [0.25, 0.3) is 0 Å². The molecular weight excluding hydrogens is 240 g/mol. The van der Waals surface area contributed by atoms with E-state index < -0.39 is 0 Å². The van der Waals surface area contributed by atoms with Crippen molar-refractivity contribution < 1.29 is 4.79 Å². The Morgan fingerprint density at radius 3 is 3.06 bits per heavy atom. The Morgan fingerprint density at radius 1 is 1.65 bits per heavy atom. The van der Waals surface area contributed by atoms with Crippen molar-refractivity contribution >= 4 is 17.2 Å². The highest BCUT2D eigenvalue weighted by atomic mass is 32.1. The van der Waals surface area contributed by atoms with Crippen LogP contribution in [0.3, 0.4) is 0 Å². The van der Waals surface area contributed by atoms with E-state index in [0.29, 0.717) is 0 Å². The minimum absolute atomic E-state index is 0.0316. The van der Waals surface area contributed by atoms with Gasteiger partial charge in [0.05, 0.1) is 6.04 Å². The molecule has 90 valence electrons. The van der Waals surface area contributed by atoms with Crippen LogP contribution < -0.4 is 5.32 Å². The first-order valence-electron chi connectivity index (χ1n) is 5.19. The molecule has 8 heteroatoms. The summed E-state index contributed by atoms with van der Waals surface area (Å²) < 4.78 is 0. The van der Waals surface area contributed by atoms with Crippen LogP contribution in [-0.2, 0) is 6.42 Å². The first-order valence-corrected chi connectivity index (χ1v) is 6.01. The number of nitrogens with one attached hydrogen (secondary N) is 2. The molecule has 1 atom stereocenters. The topological polar surface area (TPSA) is 96.5 Å². The van der Waals surface area contributed by atoms with Gasteiger partial charge in [0.25, 0.3) is 11.7 Å². The van der Waals surface area contributed by atoms with Crippen LogP contribution in [0.2, 0.25) is 0 Å². The highest BCUT2D eigenvalue weighted by molar-refractivity contribution is 7.11. The molecule has 0 aromatic carbocycles. The van der Waals surface area contributed by atoms with E-state index in [2.05, 4.69) is 37.8 Å². The van der Waals surface area contributed by atoms with E-state index in [1.807, 2.05) is 13.1 Å². The highest BCUT2D eigenvalue weighted by Crippen LogP contribution is 2.20. The maximum atomic E-state index is 11.6. The number of aromatic amines is 1. The second-order valence-electron chi connectivity index (χ2n) is 3.45. The number of hydrogen-bond acceptors (Lipinski definition) is 6. The average molecular weight is 252 g/mol. The van der Waals surface area contributed by atoms with Gasteiger partial charge >= 0.3 is 0 Å². The third-order valence-electron chi connectivity index (χ3n) is 2.19. The van der Waals surface area contributed by atoms with Crippen molar-refractivity contribution in [3.63, 3.8) is 0 Å². The fourth-order valence-electron chi connectivity index (χ4n) is 1.27. The molecule has 0 saturated heterocycles. The number of thiazole rings is 1. The lowest BCUT2D eigenvalue weighted by Gasteiger charge is -2.08. The molecule has 2 N–H and O–H groups in total. The van der Waals surface area contributed by atoms with Crippen LogP contribution in [0.15, 0.2) is 6.20 Å². The van der Waals surface area contributed by atoms with Crippen molar-refractivity contribution in [2.24, 2.45) is 0 Å². The summed E-state index contributed by atoms with van der Waals surface area (Å²) in [6, 6.07) is -0.161. The summed E-state index contributed by atoms with van der Waals surface area (Å²) >= 11 is 1.59. The predicted molar refractivity (Wildman–Crippen MR) is 61.6 cm³/mol. The molecule has 0 spiro atoms. The zero-order valence-electron chi connectivity index (χ0n) is 9.47. The van der Waals surface area contributed by atoms with Gasteiger partial charge in [-0.3, -0.25) is 4.79 Å². The van der Waals surface area contributed by atoms with Crippen LogP contribution in [-0.4, -0.2) is 31.5 Å². The number of carbonyl (C=O) groups is 1. The number of nitrogens with zero attached hydrogens (tertiary/aromatic N) is 4. The zero-order valence-corrected chi connectivity index (χ0v) is 10.3. The van der Waals surface area contributed by atoms with Gasteiger partial charge in [-0.1, -0.05) is 6.92 Å². The lowest BCUT2D eigenvalue weighted by molar-refractivity contribution is 0.0929. The quantitative estimate of drug-likeness (QED) is 0.835. The van der Waals surface area contributed by atoms with Crippen molar-refractivity contribution in [2.45, 2.75) is 26.3 Å². The molecule has 0 fully saturated rings. The molecule has 0 bridgehead atoms. The minimum atomic E-state index is -0.362. The van der Waals surface area contributed by atoms with E-state index in [4.69, 9.17) is 0 Å². The number of amides is 1. The first-order chi connectivity index (χ1) is 8.20. The average Bonchev–Trinajstić information content (AvgIpc) is 3.00. The van der Waals surface area contributed by atoms with E-state index in [1.54, 1.807) is 11.3 Å². The van der Waals surface area contributed by atoms with Crippen LogP contribution in [0.5, 0.6) is 0 Å². The predicted octanol–water partition coefficient (Wildman–Crippen LogP) is 0.710. The number of carbonyl (C=O) groups excluding carboxylic acids is 1. The van der Waals surface area contributed by atoms with E-state index in [1.165, 1.54) is 4.88 Å². The van der Waals surface area contributed by atoms with Gasteiger partial charge in [-0.15, -0.1) is 21.5 Å². The molecule has 0 saturated carbocycles. The van der Waals surface area contributed by atoms with Crippen LogP contribution in [0.1, 0.15) is 40.4 Å². The lowest BCUT2D eigenvalue weighted by atomic mass is 10.3. The van der Waals surface area contributed by atoms with Gasteiger partial charge < -0.3 is 5.32 Å². The van der Waals surface area contributed by atoms with Crippen LogP contribution in [0, 0.1) is 0 Å². The molecule has 2 aromatic rings. The number of aromatic nitrogens is 5. The molecular formula is C9H12N6OS. The van der Waals surface area contributed by atoms with E-state index in [0.717, 1.165) is 11.4 Å². The molecule has 2 rings (SSSR count). The van der Waals surface area contributed by atoms with Gasteiger partial charge in [-0.25, -0.2) is 4.98 Å². The summed E-state index contributed by atoms with van der Waals surface area (Å²) in [5.74, 6) is -0.330. The number of H-pyrrole nitrogens is 1. The number of tetrazole rings is 1. The Morgan fingerprint density at radius 2 is 2.47 bits per heavy atom. The van der Waals surface area contributed by atoms with Gasteiger partial charge in [0.1, 0.15) is 5.01 Å². The molecule has 0 aliphatic carbocycles. The van der Waals surface area contributed by atoms with Gasteiger partial charge in [0, 0.05) is 11.1 Å². The molecule has 2 aromatic heterocycles. The van der Waals surface area contributed by atoms with Crippen molar-refractivity contribution in [1.82, 2.24) is 30.9 Å². The summed E-state index contributed by atoms with van der Waals surface area (Å²) in [4.78, 5) is 17.1. The van der Waals surface area contributed by atoms with Gasteiger partial charge in [0.15, 0.2) is 0 Å². The Bertz CT molecular complexity index is 493. The molecule has 0 radical (unpaired) electrons. The molecule has 2 heterocycles. The molecule has 1 unspecified atom stereocenters. The third-order valence-corrected chi connectivity index (χ3v) is 3.51. The van der Waals surface area contributed by atoms with Crippen molar-refractivity contribution in [3.8, 4) is 0 Å². The standard InChI is InChI=1S/C9H12N6OS/c1-3-6-4-10-9(17-6)5(2)11-8(16)7-12-14-15-13-7/h4-5H,3H2,1-2H3,(H,11,16)(H,12,13,14,15). The normalized spacial score (nSPS) is 12.4. The second kappa shape index (κ2) is 5.00. The molecule has 0 aliphatic heterocycles. The van der Waals surface area contributed by atoms with E-state index in [9.17, 15) is 4.79 Å². The highest BCUT2D eigenvalue weighted by Gasteiger charge is 2.16. The molecule has 1 amide bonds. The number of rotatable bonds is 4. The molecule has 17 heavy (non-hydrogen) atoms. The van der Waals surface area contributed by atoms with Gasteiger partial charge in [0.2, 0.25) is 0 Å². The summed E-state index contributed by atoms with van der Waals surface area (Å²) in [7, 11) is 0. The van der Waals surface area contributed by atoms with Crippen molar-refractivity contribution in [2.75, 3.05) is 0 Å². The minimum Gasteiger partial charge on any atom is -0.340 e. The molecule has 0 aliphatic rings. The van der Waals surface area contributed by atoms with Crippen molar-refractivity contribution in [1.29, 1.82) is 0 Å². The number of aryl methyl sites for hydroxylation is 1. The summed E-state index contributed by atoms with van der Waals surface area (Å²) in [5, 5.41) is 16.4. The molecule has 7 nitrogen and oxygen atoms in total. The fourth-order valence-corrected chi connectivity index (χ4v) is 2.13. The Labute approximate surface area is 102 Å². The summed E-state index contributed by atoms with van der Waals surface area (Å²) in [6.07, 6.45) is 2.78. The summed E-state index contributed by atoms with van der Waals surface area (Å²) in [6.45, 7) is 3.94. The first kappa shape index (κ1) is 11.6. The van der Waals surface area contributed by atoms with E-state index in [-0.39, 0.29) is 17.8 Å². The van der Waals surface area contributed by atoms with Crippen molar-refractivity contribution in [3.05, 3.63) is 21.9 Å². The Balaban J connectivity index is 2.01. The van der Waals surface area contributed by atoms with E-state index >= 15 is 0 Å². The Hall–Kier alpha value is -1.83. The monoisotopic (exact) mass is 252 g/mol. The second-order valence-corrected chi connectivity index (χ2v) is 4.60. The van der Waals surface area contributed by atoms with Crippen LogP contribution >= 0.6 is 11.3 Å². The third kappa shape index (κ3) is 2.64. The smallest absolute Gasteiger partial charge is 0.293 e.